The van der Waals surface area contributed by atoms with E-state index in [0.29, 0.717) is 18.0 Å². The number of benzene rings is 2. The normalized spacial score (nSPS) is 15.7. The van der Waals surface area contributed by atoms with Gasteiger partial charge < -0.3 is 15.2 Å². The molecule has 9 heteroatoms. The Bertz CT molecular complexity index is 956. The number of nitrogens with zero attached hydrogens (tertiary/aromatic N) is 1. The molecule has 1 fully saturated rings. The summed E-state index contributed by atoms with van der Waals surface area (Å²) < 4.78 is 43.6. The molecule has 1 aliphatic carbocycles. The molecule has 1 unspecified atom stereocenters. The van der Waals surface area contributed by atoms with Crippen molar-refractivity contribution in [2.45, 2.75) is 63.9 Å². The molecule has 1 amide bonds. The molecule has 2 N–H and O–H groups in total. The fraction of sp³-hybridized carbons (Fsp3) is 0.440. The molecular formula is C25H29F3N2O4. The maximum atomic E-state index is 12.8. The maximum Gasteiger partial charge on any atom is 0.416 e. The molecule has 34 heavy (non-hydrogen) atoms. The van der Waals surface area contributed by atoms with E-state index in [1.165, 1.54) is 19.1 Å². The number of ether oxygens (including phenoxy) is 1. The molecule has 0 bridgehead atoms. The molecule has 2 aromatic carbocycles. The van der Waals surface area contributed by atoms with Crippen LogP contribution >= 0.6 is 0 Å². The van der Waals surface area contributed by atoms with E-state index in [2.05, 4.69) is 10.2 Å². The number of amides is 1. The molecule has 0 spiro atoms. The first-order valence-electron chi connectivity index (χ1n) is 11.3. The SMILES string of the molecule is CC(Oc1ccc(CN(CC(=O)Nc2ccc(C(F)(F)F)cc2)C2CCCCC2)cc1)C(=O)O. The Hall–Kier alpha value is -3.07. The van der Waals surface area contributed by atoms with Crippen molar-refractivity contribution in [1.82, 2.24) is 4.90 Å². The third-order valence-electron chi connectivity index (χ3n) is 5.90. The molecule has 0 radical (unpaired) electrons. The summed E-state index contributed by atoms with van der Waals surface area (Å²) in [4.78, 5) is 25.8. The third kappa shape index (κ3) is 7.48. The van der Waals surface area contributed by atoms with Gasteiger partial charge in [0.1, 0.15) is 5.75 Å². The molecule has 2 aromatic rings. The van der Waals surface area contributed by atoms with Crippen LogP contribution in [-0.4, -0.2) is 40.6 Å². The zero-order chi connectivity index (χ0) is 24.7. The van der Waals surface area contributed by atoms with Gasteiger partial charge in [0.25, 0.3) is 0 Å². The van der Waals surface area contributed by atoms with Crippen LogP contribution in [0.4, 0.5) is 18.9 Å². The van der Waals surface area contributed by atoms with Crippen LogP contribution in [0.1, 0.15) is 50.2 Å². The van der Waals surface area contributed by atoms with Crippen molar-refractivity contribution in [3.05, 3.63) is 59.7 Å². The lowest BCUT2D eigenvalue weighted by Crippen LogP contribution is -2.41. The lowest BCUT2D eigenvalue weighted by atomic mass is 9.93. The highest BCUT2D eigenvalue weighted by atomic mass is 19.4. The van der Waals surface area contributed by atoms with Gasteiger partial charge >= 0.3 is 12.1 Å². The summed E-state index contributed by atoms with van der Waals surface area (Å²) in [6.07, 6.45) is -0.0973. The molecule has 0 heterocycles. The molecule has 0 aliphatic heterocycles. The first kappa shape index (κ1) is 25.6. The van der Waals surface area contributed by atoms with Gasteiger partial charge in [-0.05, 0) is 61.7 Å². The second-order valence-electron chi connectivity index (χ2n) is 8.56. The van der Waals surface area contributed by atoms with Crippen LogP contribution < -0.4 is 10.1 Å². The van der Waals surface area contributed by atoms with Gasteiger partial charge in [0.15, 0.2) is 6.10 Å². The van der Waals surface area contributed by atoms with E-state index < -0.39 is 23.8 Å². The second-order valence-corrected chi connectivity index (χ2v) is 8.56. The largest absolute Gasteiger partial charge is 0.479 e. The van der Waals surface area contributed by atoms with Gasteiger partial charge in [0.2, 0.25) is 5.91 Å². The molecule has 0 aromatic heterocycles. The summed E-state index contributed by atoms with van der Waals surface area (Å²) in [6.45, 7) is 2.08. The number of carboxylic acid groups (broad SMARTS) is 1. The summed E-state index contributed by atoms with van der Waals surface area (Å²) in [5.74, 6) is -0.893. The van der Waals surface area contributed by atoms with Crippen molar-refractivity contribution in [2.75, 3.05) is 11.9 Å². The number of nitrogens with one attached hydrogen (secondary N) is 1. The quantitative estimate of drug-likeness (QED) is 0.509. The minimum Gasteiger partial charge on any atom is -0.479 e. The van der Waals surface area contributed by atoms with Gasteiger partial charge in [-0.2, -0.15) is 13.2 Å². The molecule has 3 rings (SSSR count). The highest BCUT2D eigenvalue weighted by Crippen LogP contribution is 2.30. The van der Waals surface area contributed by atoms with Crippen LogP contribution in [0.3, 0.4) is 0 Å². The van der Waals surface area contributed by atoms with Gasteiger partial charge in [-0.25, -0.2) is 4.79 Å². The fourth-order valence-electron chi connectivity index (χ4n) is 4.05. The van der Waals surface area contributed by atoms with Crippen LogP contribution in [0.15, 0.2) is 48.5 Å². The third-order valence-corrected chi connectivity index (χ3v) is 5.90. The van der Waals surface area contributed by atoms with E-state index in [-0.39, 0.29) is 18.5 Å². The number of aliphatic carboxylic acids is 1. The molecular weight excluding hydrogens is 449 g/mol. The highest BCUT2D eigenvalue weighted by Gasteiger charge is 2.30. The summed E-state index contributed by atoms with van der Waals surface area (Å²) in [6, 6.07) is 11.7. The lowest BCUT2D eigenvalue weighted by molar-refractivity contribution is -0.144. The van der Waals surface area contributed by atoms with Crippen LogP contribution in [0, 0.1) is 0 Å². The van der Waals surface area contributed by atoms with E-state index >= 15 is 0 Å². The Labute approximate surface area is 196 Å². The Morgan fingerprint density at radius 1 is 1.06 bits per heavy atom. The van der Waals surface area contributed by atoms with Crippen molar-refractivity contribution in [3.63, 3.8) is 0 Å². The average molecular weight is 479 g/mol. The number of alkyl halides is 3. The summed E-state index contributed by atoms with van der Waals surface area (Å²) in [5, 5.41) is 11.7. The van der Waals surface area contributed by atoms with E-state index in [0.717, 1.165) is 49.8 Å². The highest BCUT2D eigenvalue weighted by molar-refractivity contribution is 5.92. The van der Waals surface area contributed by atoms with Gasteiger partial charge in [-0.1, -0.05) is 31.4 Å². The van der Waals surface area contributed by atoms with Crippen LogP contribution in [-0.2, 0) is 22.3 Å². The molecule has 6 nitrogen and oxygen atoms in total. The number of anilines is 1. The Kier molecular flexibility index (Phi) is 8.55. The van der Waals surface area contributed by atoms with E-state index in [9.17, 15) is 22.8 Å². The second kappa shape index (κ2) is 11.4. The first-order chi connectivity index (χ1) is 16.1. The molecule has 1 saturated carbocycles. The molecule has 1 atom stereocenters. The zero-order valence-electron chi connectivity index (χ0n) is 19.0. The number of hydrogen-bond acceptors (Lipinski definition) is 4. The number of rotatable bonds is 9. The Balaban J connectivity index is 1.65. The fourth-order valence-corrected chi connectivity index (χ4v) is 4.05. The van der Waals surface area contributed by atoms with Gasteiger partial charge in [0.05, 0.1) is 12.1 Å². The Morgan fingerprint density at radius 2 is 1.68 bits per heavy atom. The van der Waals surface area contributed by atoms with Crippen LogP contribution in [0.25, 0.3) is 0 Å². The number of carboxylic acids is 1. The number of hydrogen-bond donors (Lipinski definition) is 2. The Morgan fingerprint density at radius 3 is 2.24 bits per heavy atom. The van der Waals surface area contributed by atoms with Gasteiger partial charge in [-0.3, -0.25) is 9.69 Å². The van der Waals surface area contributed by atoms with E-state index in [4.69, 9.17) is 9.84 Å². The smallest absolute Gasteiger partial charge is 0.416 e. The van der Waals surface area contributed by atoms with Gasteiger partial charge in [-0.15, -0.1) is 0 Å². The maximum absolute atomic E-state index is 12.8. The minimum atomic E-state index is -4.42. The monoisotopic (exact) mass is 478 g/mol. The van der Waals surface area contributed by atoms with Gasteiger partial charge in [0, 0.05) is 18.3 Å². The average Bonchev–Trinajstić information content (AvgIpc) is 2.80. The molecule has 184 valence electrons. The number of halogens is 3. The van der Waals surface area contributed by atoms with E-state index in [1.54, 1.807) is 12.1 Å². The lowest BCUT2D eigenvalue weighted by Gasteiger charge is -2.34. The van der Waals surface area contributed by atoms with Crippen LogP contribution in [0.2, 0.25) is 0 Å². The van der Waals surface area contributed by atoms with Crippen molar-refractivity contribution in [2.24, 2.45) is 0 Å². The summed E-state index contributed by atoms with van der Waals surface area (Å²) in [7, 11) is 0. The predicted octanol–water partition coefficient (Wildman–Crippen LogP) is 5.33. The van der Waals surface area contributed by atoms with Crippen LogP contribution in [0.5, 0.6) is 5.75 Å². The van der Waals surface area contributed by atoms with Crippen molar-refractivity contribution in [3.8, 4) is 5.75 Å². The van der Waals surface area contributed by atoms with Crippen molar-refractivity contribution in [1.29, 1.82) is 0 Å². The topological polar surface area (TPSA) is 78.9 Å². The summed E-state index contributed by atoms with van der Waals surface area (Å²) in [5.41, 5.74) is 0.499. The standard InChI is InChI=1S/C25H29F3N2O4/c1-17(24(32)33)34-22-13-7-18(8-14-22)15-30(21-5-3-2-4-6-21)16-23(31)29-20-11-9-19(10-12-20)25(26,27)28/h7-14,17,21H,2-6,15-16H2,1H3,(H,29,31)(H,32,33). The van der Waals surface area contributed by atoms with Crippen molar-refractivity contribution >= 4 is 17.6 Å². The van der Waals surface area contributed by atoms with E-state index in [1.807, 2.05) is 12.1 Å². The number of carbonyl (C=O) groups excluding carboxylic acids is 1. The minimum absolute atomic E-state index is 0.111. The summed E-state index contributed by atoms with van der Waals surface area (Å²) >= 11 is 0. The molecule has 1 aliphatic rings. The zero-order valence-corrected chi connectivity index (χ0v) is 19.0. The first-order valence-corrected chi connectivity index (χ1v) is 11.3. The number of carbonyl (C=O) groups is 2. The van der Waals surface area contributed by atoms with Crippen molar-refractivity contribution < 1.29 is 32.6 Å². The predicted molar refractivity (Wildman–Crippen MR) is 122 cm³/mol. The molecule has 0 saturated heterocycles.